The fourth-order valence-electron chi connectivity index (χ4n) is 2.28. The molecule has 0 spiro atoms. The fourth-order valence-corrected chi connectivity index (χ4v) is 2.28. The largest absolute Gasteiger partial charge is 0.328 e. The van der Waals surface area contributed by atoms with Crippen LogP contribution in [0.3, 0.4) is 0 Å². The summed E-state index contributed by atoms with van der Waals surface area (Å²) >= 11 is 0. The fraction of sp³-hybridized carbons (Fsp3) is 0.467. The van der Waals surface area contributed by atoms with Gasteiger partial charge in [0, 0.05) is 12.6 Å². The van der Waals surface area contributed by atoms with Gasteiger partial charge in [-0.05, 0) is 38.8 Å². The second-order valence-corrected chi connectivity index (χ2v) is 5.12. The first-order chi connectivity index (χ1) is 9.09. The van der Waals surface area contributed by atoms with E-state index >= 15 is 0 Å². The van der Waals surface area contributed by atoms with Gasteiger partial charge in [-0.1, -0.05) is 18.6 Å². The molecule has 1 unspecified atom stereocenters. The van der Waals surface area contributed by atoms with Gasteiger partial charge in [0.05, 0.1) is 11.0 Å². The molecule has 1 atom stereocenters. The number of aromatic nitrogens is 2. The maximum atomic E-state index is 12.2. The van der Waals surface area contributed by atoms with Crippen LogP contribution in [0.2, 0.25) is 0 Å². The summed E-state index contributed by atoms with van der Waals surface area (Å²) in [5, 5.41) is 0. The Bertz CT molecular complexity index is 616. The quantitative estimate of drug-likeness (QED) is 0.837. The summed E-state index contributed by atoms with van der Waals surface area (Å²) in [4.78, 5) is 16.5. The third-order valence-corrected chi connectivity index (χ3v) is 3.31. The molecular formula is C15H21N3O. The van der Waals surface area contributed by atoms with Gasteiger partial charge in [-0.15, -0.1) is 0 Å². The molecule has 0 saturated heterocycles. The number of hydrogen-bond acceptors (Lipinski definition) is 3. The number of unbranched alkanes of at least 4 members (excludes halogenated alkanes) is 1. The van der Waals surface area contributed by atoms with Gasteiger partial charge >= 0.3 is 0 Å². The molecule has 2 rings (SSSR count). The van der Waals surface area contributed by atoms with E-state index < -0.39 is 0 Å². The smallest absolute Gasteiger partial charge is 0.272 e. The number of hydrogen-bond donors (Lipinski definition) is 1. The zero-order valence-electron chi connectivity index (χ0n) is 11.6. The molecule has 0 aliphatic rings. The van der Waals surface area contributed by atoms with E-state index in [1.165, 1.54) is 0 Å². The molecule has 1 heterocycles. The van der Waals surface area contributed by atoms with Crippen molar-refractivity contribution in [3.05, 3.63) is 40.3 Å². The maximum absolute atomic E-state index is 12.2. The van der Waals surface area contributed by atoms with E-state index in [2.05, 4.69) is 4.98 Å². The SMILES string of the molecule is Cc1nc2ccccc2n(CCCCC(C)N)c1=O. The van der Waals surface area contributed by atoms with Crippen molar-refractivity contribution < 1.29 is 0 Å². The van der Waals surface area contributed by atoms with Crippen LogP contribution < -0.4 is 11.3 Å². The molecule has 4 nitrogen and oxygen atoms in total. The van der Waals surface area contributed by atoms with Crippen molar-refractivity contribution in [2.45, 2.75) is 45.7 Å². The van der Waals surface area contributed by atoms with Crippen LogP contribution in [0.25, 0.3) is 11.0 Å². The third kappa shape index (κ3) is 3.20. The number of benzene rings is 1. The number of fused-ring (bicyclic) bond motifs is 1. The molecule has 0 aliphatic heterocycles. The monoisotopic (exact) mass is 259 g/mol. The minimum absolute atomic E-state index is 0.0134. The van der Waals surface area contributed by atoms with Crippen molar-refractivity contribution in [1.82, 2.24) is 9.55 Å². The van der Waals surface area contributed by atoms with E-state index in [-0.39, 0.29) is 11.6 Å². The first kappa shape index (κ1) is 13.7. The van der Waals surface area contributed by atoms with Gasteiger partial charge in [0.25, 0.3) is 5.56 Å². The van der Waals surface area contributed by atoms with Crippen LogP contribution in [0.5, 0.6) is 0 Å². The standard InChI is InChI=1S/C15H21N3O/c1-11(16)7-5-6-10-18-14-9-4-3-8-13(14)17-12(2)15(18)19/h3-4,8-9,11H,5-7,10,16H2,1-2H3. The predicted molar refractivity (Wildman–Crippen MR) is 78.2 cm³/mol. The number of nitrogens with two attached hydrogens (primary N) is 1. The Morgan fingerprint density at radius 1 is 1.32 bits per heavy atom. The zero-order valence-corrected chi connectivity index (χ0v) is 11.6. The van der Waals surface area contributed by atoms with Crippen molar-refractivity contribution in [2.24, 2.45) is 5.73 Å². The molecule has 0 radical (unpaired) electrons. The second-order valence-electron chi connectivity index (χ2n) is 5.12. The summed E-state index contributed by atoms with van der Waals surface area (Å²) in [6.07, 6.45) is 3.01. The molecule has 1 aromatic carbocycles. The highest BCUT2D eigenvalue weighted by molar-refractivity contribution is 5.74. The highest BCUT2D eigenvalue weighted by Crippen LogP contribution is 2.11. The zero-order chi connectivity index (χ0) is 13.8. The lowest BCUT2D eigenvalue weighted by atomic mass is 10.1. The summed E-state index contributed by atoms with van der Waals surface area (Å²) in [5.74, 6) is 0. The van der Waals surface area contributed by atoms with Crippen LogP contribution in [0.4, 0.5) is 0 Å². The lowest BCUT2D eigenvalue weighted by Crippen LogP contribution is -2.24. The van der Waals surface area contributed by atoms with Crippen LogP contribution in [-0.4, -0.2) is 15.6 Å². The summed E-state index contributed by atoms with van der Waals surface area (Å²) < 4.78 is 1.83. The van der Waals surface area contributed by atoms with E-state index in [9.17, 15) is 4.79 Å². The van der Waals surface area contributed by atoms with Gasteiger partial charge in [0.15, 0.2) is 0 Å². The molecule has 4 heteroatoms. The minimum Gasteiger partial charge on any atom is -0.328 e. The van der Waals surface area contributed by atoms with E-state index in [4.69, 9.17) is 5.73 Å². The Hall–Kier alpha value is -1.68. The Labute approximate surface area is 113 Å². The highest BCUT2D eigenvalue weighted by atomic mass is 16.1. The number of rotatable bonds is 5. The van der Waals surface area contributed by atoms with Crippen LogP contribution in [0.1, 0.15) is 31.9 Å². The molecule has 0 fully saturated rings. The normalized spacial score (nSPS) is 12.8. The van der Waals surface area contributed by atoms with Gasteiger partial charge < -0.3 is 10.3 Å². The summed E-state index contributed by atoms with van der Waals surface area (Å²) in [5.41, 5.74) is 8.11. The average Bonchev–Trinajstić information content (AvgIpc) is 2.38. The molecule has 0 saturated carbocycles. The van der Waals surface area contributed by atoms with Gasteiger partial charge in [-0.25, -0.2) is 4.98 Å². The molecule has 1 aromatic heterocycles. The minimum atomic E-state index is 0.0134. The molecular weight excluding hydrogens is 238 g/mol. The topological polar surface area (TPSA) is 60.9 Å². The van der Waals surface area contributed by atoms with Gasteiger partial charge in [0.1, 0.15) is 5.69 Å². The van der Waals surface area contributed by atoms with E-state index in [0.717, 1.165) is 36.8 Å². The number of nitrogens with zero attached hydrogens (tertiary/aromatic N) is 2. The third-order valence-electron chi connectivity index (χ3n) is 3.31. The summed E-state index contributed by atoms with van der Waals surface area (Å²) in [6, 6.07) is 8.01. The predicted octanol–water partition coefficient (Wildman–Crippen LogP) is 2.22. The van der Waals surface area contributed by atoms with E-state index in [1.807, 2.05) is 35.8 Å². The molecule has 0 bridgehead atoms. The van der Waals surface area contributed by atoms with Crippen molar-refractivity contribution in [1.29, 1.82) is 0 Å². The molecule has 0 aliphatic carbocycles. The first-order valence-corrected chi connectivity index (χ1v) is 6.81. The first-order valence-electron chi connectivity index (χ1n) is 6.81. The van der Waals surface area contributed by atoms with Crippen molar-refractivity contribution >= 4 is 11.0 Å². The van der Waals surface area contributed by atoms with Gasteiger partial charge in [0.2, 0.25) is 0 Å². The summed E-state index contributed by atoms with van der Waals surface area (Å²) in [6.45, 7) is 4.51. The average molecular weight is 259 g/mol. The Morgan fingerprint density at radius 3 is 2.79 bits per heavy atom. The van der Waals surface area contributed by atoms with Crippen LogP contribution in [0, 0.1) is 6.92 Å². The molecule has 19 heavy (non-hydrogen) atoms. The van der Waals surface area contributed by atoms with Crippen molar-refractivity contribution in [3.63, 3.8) is 0 Å². The van der Waals surface area contributed by atoms with Crippen molar-refractivity contribution in [3.8, 4) is 0 Å². The Kier molecular flexibility index (Phi) is 4.32. The number of para-hydroxylation sites is 2. The van der Waals surface area contributed by atoms with E-state index in [0.29, 0.717) is 5.69 Å². The lowest BCUT2D eigenvalue weighted by Gasteiger charge is -2.11. The molecule has 0 amide bonds. The van der Waals surface area contributed by atoms with Crippen LogP contribution in [0.15, 0.2) is 29.1 Å². The maximum Gasteiger partial charge on any atom is 0.272 e. The lowest BCUT2D eigenvalue weighted by molar-refractivity contribution is 0.547. The second kappa shape index (κ2) is 5.97. The van der Waals surface area contributed by atoms with Gasteiger partial charge in [-0.2, -0.15) is 0 Å². The Balaban J connectivity index is 2.26. The Morgan fingerprint density at radius 2 is 2.05 bits per heavy atom. The highest BCUT2D eigenvalue weighted by Gasteiger charge is 2.07. The summed E-state index contributed by atoms with van der Waals surface area (Å²) in [7, 11) is 0. The molecule has 102 valence electrons. The van der Waals surface area contributed by atoms with Gasteiger partial charge in [-0.3, -0.25) is 4.79 Å². The van der Waals surface area contributed by atoms with Crippen LogP contribution in [-0.2, 0) is 6.54 Å². The molecule has 2 N–H and O–H groups in total. The molecule has 2 aromatic rings. The van der Waals surface area contributed by atoms with Crippen LogP contribution >= 0.6 is 0 Å². The van der Waals surface area contributed by atoms with E-state index in [1.54, 1.807) is 6.92 Å². The number of aryl methyl sites for hydroxylation is 2. The van der Waals surface area contributed by atoms with Crippen molar-refractivity contribution in [2.75, 3.05) is 0 Å².